The fraction of sp³-hybridized carbons (Fsp3) is 0.333. The normalized spacial score (nSPS) is 9.80. The molecule has 54 valence electrons. The van der Waals surface area contributed by atoms with Crippen molar-refractivity contribution in [3.05, 3.63) is 27.7 Å². The first kappa shape index (κ1) is 7.28. The van der Waals surface area contributed by atoms with Crippen LogP contribution in [0, 0.1) is 6.92 Å². The van der Waals surface area contributed by atoms with Crippen LogP contribution in [0.4, 0.5) is 0 Å². The Labute approximate surface area is 63.0 Å². The molecule has 0 saturated carbocycles. The summed E-state index contributed by atoms with van der Waals surface area (Å²) in [5.74, 6) is 0.331. The SMILES string of the molecule is Cc1cc(CCl)n[nH]c1=O. The highest BCUT2D eigenvalue weighted by molar-refractivity contribution is 6.16. The van der Waals surface area contributed by atoms with Crippen molar-refractivity contribution < 1.29 is 0 Å². The molecule has 0 aliphatic heterocycles. The van der Waals surface area contributed by atoms with E-state index in [0.717, 1.165) is 0 Å². The van der Waals surface area contributed by atoms with E-state index in [4.69, 9.17) is 11.6 Å². The van der Waals surface area contributed by atoms with Crippen molar-refractivity contribution in [2.75, 3.05) is 0 Å². The lowest BCUT2D eigenvalue weighted by Gasteiger charge is -1.92. The summed E-state index contributed by atoms with van der Waals surface area (Å²) >= 11 is 5.47. The van der Waals surface area contributed by atoms with Crippen LogP contribution in [-0.4, -0.2) is 10.2 Å². The van der Waals surface area contributed by atoms with Gasteiger partial charge in [0.05, 0.1) is 11.6 Å². The quantitative estimate of drug-likeness (QED) is 0.615. The van der Waals surface area contributed by atoms with Gasteiger partial charge in [-0.25, -0.2) is 5.10 Å². The zero-order chi connectivity index (χ0) is 7.56. The van der Waals surface area contributed by atoms with E-state index in [-0.39, 0.29) is 5.56 Å². The molecule has 0 radical (unpaired) electrons. The second-order valence-electron chi connectivity index (χ2n) is 2.01. The molecule has 10 heavy (non-hydrogen) atoms. The minimum Gasteiger partial charge on any atom is -0.268 e. The number of hydrogen-bond acceptors (Lipinski definition) is 2. The maximum Gasteiger partial charge on any atom is 0.267 e. The molecule has 3 nitrogen and oxygen atoms in total. The zero-order valence-electron chi connectivity index (χ0n) is 5.52. The third-order valence-electron chi connectivity index (χ3n) is 1.18. The Balaban J connectivity index is 3.17. The van der Waals surface area contributed by atoms with Crippen LogP contribution >= 0.6 is 11.6 Å². The van der Waals surface area contributed by atoms with E-state index in [1.165, 1.54) is 0 Å². The first-order valence-electron chi connectivity index (χ1n) is 2.85. The van der Waals surface area contributed by atoms with Crippen molar-refractivity contribution in [1.29, 1.82) is 0 Å². The molecule has 1 rings (SSSR count). The Morgan fingerprint density at radius 3 is 3.00 bits per heavy atom. The summed E-state index contributed by atoms with van der Waals surface area (Å²) in [5, 5.41) is 6.02. The highest BCUT2D eigenvalue weighted by Crippen LogP contribution is 1.96. The number of nitrogens with one attached hydrogen (secondary N) is 1. The molecule has 0 aliphatic carbocycles. The van der Waals surface area contributed by atoms with E-state index < -0.39 is 0 Å². The minimum absolute atomic E-state index is 0.158. The summed E-state index contributed by atoms with van der Waals surface area (Å²) in [7, 11) is 0. The van der Waals surface area contributed by atoms with Gasteiger partial charge in [-0.3, -0.25) is 4.79 Å². The van der Waals surface area contributed by atoms with Gasteiger partial charge >= 0.3 is 0 Å². The summed E-state index contributed by atoms with van der Waals surface area (Å²) in [6.07, 6.45) is 0. The number of hydrogen-bond donors (Lipinski definition) is 1. The molecule has 0 unspecified atom stereocenters. The molecule has 4 heteroatoms. The van der Waals surface area contributed by atoms with Gasteiger partial charge in [-0.2, -0.15) is 5.10 Å². The molecular weight excluding hydrogens is 152 g/mol. The maximum absolute atomic E-state index is 10.7. The average molecular weight is 159 g/mol. The fourth-order valence-electron chi connectivity index (χ4n) is 0.627. The van der Waals surface area contributed by atoms with Crippen LogP contribution in [0.1, 0.15) is 11.3 Å². The van der Waals surface area contributed by atoms with Gasteiger partial charge in [0.2, 0.25) is 0 Å². The Hall–Kier alpha value is -0.830. The molecule has 1 aromatic rings. The van der Waals surface area contributed by atoms with E-state index >= 15 is 0 Å². The molecule has 1 aromatic heterocycles. The second-order valence-corrected chi connectivity index (χ2v) is 2.27. The number of alkyl halides is 1. The number of nitrogens with zero attached hydrogens (tertiary/aromatic N) is 1. The number of H-pyrrole nitrogens is 1. The van der Waals surface area contributed by atoms with Gasteiger partial charge in [-0.05, 0) is 13.0 Å². The molecule has 0 aliphatic rings. The number of halogens is 1. The van der Waals surface area contributed by atoms with Crippen LogP contribution in [0.25, 0.3) is 0 Å². The van der Waals surface area contributed by atoms with Gasteiger partial charge in [0, 0.05) is 5.56 Å². The van der Waals surface area contributed by atoms with E-state index in [0.29, 0.717) is 17.1 Å². The van der Waals surface area contributed by atoms with Crippen molar-refractivity contribution in [2.45, 2.75) is 12.8 Å². The molecule has 0 bridgehead atoms. The third kappa shape index (κ3) is 1.36. The van der Waals surface area contributed by atoms with Crippen molar-refractivity contribution in [1.82, 2.24) is 10.2 Å². The van der Waals surface area contributed by atoms with Crippen LogP contribution < -0.4 is 5.56 Å². The topological polar surface area (TPSA) is 45.8 Å². The Morgan fingerprint density at radius 1 is 1.80 bits per heavy atom. The summed E-state index contributed by atoms with van der Waals surface area (Å²) in [6, 6.07) is 1.67. The van der Waals surface area contributed by atoms with Crippen LogP contribution in [0.2, 0.25) is 0 Å². The second kappa shape index (κ2) is 2.84. The van der Waals surface area contributed by atoms with Crippen LogP contribution in [0.3, 0.4) is 0 Å². The predicted molar refractivity (Wildman–Crippen MR) is 39.2 cm³/mol. The number of aromatic nitrogens is 2. The lowest BCUT2D eigenvalue weighted by atomic mass is 10.3. The Bertz CT molecular complexity index is 281. The summed E-state index contributed by atoms with van der Waals surface area (Å²) < 4.78 is 0. The van der Waals surface area contributed by atoms with Gasteiger partial charge in [-0.15, -0.1) is 11.6 Å². The number of rotatable bonds is 1. The van der Waals surface area contributed by atoms with Gasteiger partial charge in [0.25, 0.3) is 5.56 Å². The van der Waals surface area contributed by atoms with Gasteiger partial charge in [0.15, 0.2) is 0 Å². The van der Waals surface area contributed by atoms with Crippen LogP contribution in [0.15, 0.2) is 10.9 Å². The molecule has 0 spiro atoms. The van der Waals surface area contributed by atoms with Gasteiger partial charge in [-0.1, -0.05) is 0 Å². The molecule has 1 N–H and O–H groups in total. The highest BCUT2D eigenvalue weighted by Gasteiger charge is 1.95. The molecule has 0 saturated heterocycles. The molecule has 1 heterocycles. The highest BCUT2D eigenvalue weighted by atomic mass is 35.5. The monoisotopic (exact) mass is 158 g/mol. The van der Waals surface area contributed by atoms with E-state index in [1.807, 2.05) is 0 Å². The fourth-order valence-corrected chi connectivity index (χ4v) is 0.764. The van der Waals surface area contributed by atoms with Gasteiger partial charge in [0.1, 0.15) is 0 Å². The zero-order valence-corrected chi connectivity index (χ0v) is 6.27. The Kier molecular flexibility index (Phi) is 2.06. The summed E-state index contributed by atoms with van der Waals surface area (Å²) in [6.45, 7) is 1.72. The number of aromatic amines is 1. The molecule has 0 amide bonds. The standard InChI is InChI=1S/C6H7ClN2O/c1-4-2-5(3-7)8-9-6(4)10/h2H,3H2,1H3,(H,9,10). The van der Waals surface area contributed by atoms with Crippen LogP contribution in [-0.2, 0) is 5.88 Å². The first-order valence-corrected chi connectivity index (χ1v) is 3.38. The average Bonchev–Trinajstić information content (AvgIpc) is 1.95. The Morgan fingerprint density at radius 2 is 2.50 bits per heavy atom. The summed E-state index contributed by atoms with van der Waals surface area (Å²) in [4.78, 5) is 10.7. The number of aryl methyl sites for hydroxylation is 1. The lowest BCUT2D eigenvalue weighted by Crippen LogP contribution is -2.11. The molecule has 0 fully saturated rings. The maximum atomic E-state index is 10.7. The van der Waals surface area contributed by atoms with E-state index in [1.54, 1.807) is 13.0 Å². The predicted octanol–water partition coefficient (Wildman–Crippen LogP) is 0.817. The lowest BCUT2D eigenvalue weighted by molar-refractivity contribution is 0.920. The summed E-state index contributed by atoms with van der Waals surface area (Å²) in [5.41, 5.74) is 1.18. The van der Waals surface area contributed by atoms with E-state index in [9.17, 15) is 4.79 Å². The molecule has 0 aromatic carbocycles. The smallest absolute Gasteiger partial charge is 0.267 e. The van der Waals surface area contributed by atoms with Crippen LogP contribution in [0.5, 0.6) is 0 Å². The molecule has 0 atom stereocenters. The van der Waals surface area contributed by atoms with Crippen molar-refractivity contribution >= 4 is 11.6 Å². The van der Waals surface area contributed by atoms with Crippen molar-refractivity contribution in [2.24, 2.45) is 0 Å². The van der Waals surface area contributed by atoms with Gasteiger partial charge < -0.3 is 0 Å². The minimum atomic E-state index is -0.158. The third-order valence-corrected chi connectivity index (χ3v) is 1.45. The largest absolute Gasteiger partial charge is 0.268 e. The van der Waals surface area contributed by atoms with Crippen molar-refractivity contribution in [3.8, 4) is 0 Å². The first-order chi connectivity index (χ1) is 4.74. The van der Waals surface area contributed by atoms with E-state index in [2.05, 4.69) is 10.2 Å². The molecular formula is C6H7ClN2O. The van der Waals surface area contributed by atoms with Crippen molar-refractivity contribution in [3.63, 3.8) is 0 Å².